The van der Waals surface area contributed by atoms with Crippen LogP contribution in [0.25, 0.3) is 17.2 Å². The minimum absolute atomic E-state index is 0.128. The molecule has 0 aliphatic carbocycles. The Labute approximate surface area is 295 Å². The average molecular weight is 763 g/mol. The fourth-order valence-electron chi connectivity index (χ4n) is 4.76. The van der Waals surface area contributed by atoms with Crippen LogP contribution in [0, 0.1) is 0 Å². The van der Waals surface area contributed by atoms with E-state index in [0.717, 1.165) is 12.3 Å². The third-order valence-corrected chi connectivity index (χ3v) is 7.56. The molecule has 22 heteroatoms. The number of carbonyl (C=O) groups is 2. The van der Waals surface area contributed by atoms with Crippen molar-refractivity contribution in [3.63, 3.8) is 0 Å². The van der Waals surface area contributed by atoms with Crippen molar-refractivity contribution >= 4 is 23.5 Å². The standard InChI is InChI=1S/C30H33ClF6N10O5/c1-16(38)27(50)41-12-4-2-3-7-22(48)52-20(30(35,36)37)14-45-24(17-8-10-18(31)11-9-17)44-46(28(45)51)15-21-42-26(23(39)49)47(43-21)25-19(29(32,33)34)6-5-13-40-25/h5-6,8-11,13,16,20,23,49H,2-4,7,12,14-15,38-39H2,1H3,(H,41,50)/t16-,20-,23?/m0/s1. The zero-order chi connectivity index (χ0) is 38.4. The van der Waals surface area contributed by atoms with Crippen LogP contribution in [0.2, 0.25) is 5.02 Å². The maximum Gasteiger partial charge on any atom is 0.427 e. The molecule has 3 atom stereocenters. The fourth-order valence-corrected chi connectivity index (χ4v) is 4.89. The fraction of sp³-hybridized carbons (Fsp3) is 0.433. The first kappa shape index (κ1) is 39.9. The summed E-state index contributed by atoms with van der Waals surface area (Å²) in [7, 11) is 0. The van der Waals surface area contributed by atoms with Crippen LogP contribution in [0.15, 0.2) is 47.4 Å². The molecule has 0 bridgehead atoms. The smallest absolute Gasteiger partial charge is 0.427 e. The summed E-state index contributed by atoms with van der Waals surface area (Å²) in [4.78, 5) is 45.3. The maximum absolute atomic E-state index is 14.2. The molecule has 15 nitrogen and oxygen atoms in total. The van der Waals surface area contributed by atoms with E-state index in [2.05, 4.69) is 25.5 Å². The monoisotopic (exact) mass is 762 g/mol. The number of unbranched alkanes of at least 4 members (excludes halogenated alkanes) is 2. The van der Waals surface area contributed by atoms with Crippen molar-refractivity contribution in [1.29, 1.82) is 0 Å². The summed E-state index contributed by atoms with van der Waals surface area (Å²) in [5.41, 5.74) is 8.69. The molecule has 0 aliphatic rings. The van der Waals surface area contributed by atoms with Gasteiger partial charge in [0, 0.05) is 29.7 Å². The first-order valence-electron chi connectivity index (χ1n) is 15.5. The van der Waals surface area contributed by atoms with Crippen molar-refractivity contribution in [2.24, 2.45) is 11.5 Å². The van der Waals surface area contributed by atoms with Crippen LogP contribution in [0.4, 0.5) is 26.3 Å². The molecule has 0 aliphatic heterocycles. The lowest BCUT2D eigenvalue weighted by atomic mass is 10.2. The van der Waals surface area contributed by atoms with Crippen LogP contribution in [-0.2, 0) is 33.6 Å². The van der Waals surface area contributed by atoms with E-state index >= 15 is 0 Å². The van der Waals surface area contributed by atoms with Crippen molar-refractivity contribution in [3.05, 3.63) is 75.3 Å². The van der Waals surface area contributed by atoms with Gasteiger partial charge in [-0.1, -0.05) is 18.0 Å². The minimum Gasteiger partial charge on any atom is -0.451 e. The summed E-state index contributed by atoms with van der Waals surface area (Å²) in [5, 5.41) is 21.0. The number of pyridine rings is 1. The molecule has 6 N–H and O–H groups in total. The maximum atomic E-state index is 14.2. The van der Waals surface area contributed by atoms with Crippen LogP contribution >= 0.6 is 11.6 Å². The van der Waals surface area contributed by atoms with Crippen LogP contribution in [0.1, 0.15) is 56.0 Å². The van der Waals surface area contributed by atoms with E-state index in [9.17, 15) is 45.8 Å². The molecule has 0 saturated heterocycles. The molecule has 0 fully saturated rings. The number of halogens is 7. The predicted molar refractivity (Wildman–Crippen MR) is 170 cm³/mol. The SMILES string of the molecule is C[C@H](N)C(=O)NCCCCCC(=O)O[C@@H](Cn1c(-c2ccc(Cl)cc2)nn(Cc2nc(C(N)O)n(-c3ncccc3C(F)(F)F)n2)c1=O)C(F)(F)F. The zero-order valence-corrected chi connectivity index (χ0v) is 28.0. The van der Waals surface area contributed by atoms with Crippen molar-refractivity contribution < 1.29 is 45.8 Å². The molecule has 1 aromatic carbocycles. The van der Waals surface area contributed by atoms with Crippen molar-refractivity contribution in [2.75, 3.05) is 6.54 Å². The number of amides is 1. The van der Waals surface area contributed by atoms with Gasteiger partial charge in [0.25, 0.3) is 0 Å². The summed E-state index contributed by atoms with van der Waals surface area (Å²) in [6.07, 6.45) is -13.2. The van der Waals surface area contributed by atoms with Gasteiger partial charge in [0.1, 0.15) is 12.1 Å². The number of hydrogen-bond donors (Lipinski definition) is 4. The van der Waals surface area contributed by atoms with Crippen molar-refractivity contribution in [1.82, 2.24) is 39.4 Å². The highest BCUT2D eigenvalue weighted by molar-refractivity contribution is 6.30. The average Bonchev–Trinajstić information content (AvgIpc) is 3.63. The number of alkyl halides is 6. The molecule has 52 heavy (non-hydrogen) atoms. The molecule has 1 amide bonds. The minimum atomic E-state index is -5.14. The second-order valence-corrected chi connectivity index (χ2v) is 11.8. The molecule has 0 radical (unpaired) electrons. The number of aromatic nitrogens is 7. The Morgan fingerprint density at radius 3 is 2.35 bits per heavy atom. The molecule has 0 saturated carbocycles. The molecule has 1 unspecified atom stereocenters. The highest BCUT2D eigenvalue weighted by atomic mass is 35.5. The van der Waals surface area contributed by atoms with Gasteiger partial charge in [0.05, 0.1) is 12.6 Å². The van der Waals surface area contributed by atoms with Gasteiger partial charge in [-0.3, -0.25) is 19.9 Å². The number of ether oxygens (including phenoxy) is 1. The number of carbonyl (C=O) groups excluding carboxylic acids is 2. The molecular formula is C30H33ClF6N10O5. The number of aliphatic hydroxyl groups excluding tert-OH is 1. The highest BCUT2D eigenvalue weighted by Gasteiger charge is 2.44. The summed E-state index contributed by atoms with van der Waals surface area (Å²) in [6, 6.07) is 6.52. The quantitative estimate of drug-likeness (QED) is 0.0599. The first-order valence-corrected chi connectivity index (χ1v) is 15.9. The van der Waals surface area contributed by atoms with E-state index in [1.807, 2.05) is 0 Å². The van der Waals surface area contributed by atoms with E-state index in [-0.39, 0.29) is 41.7 Å². The first-order chi connectivity index (χ1) is 24.4. The predicted octanol–water partition coefficient (Wildman–Crippen LogP) is 2.86. The van der Waals surface area contributed by atoms with Crippen LogP contribution in [0.5, 0.6) is 0 Å². The molecular weight excluding hydrogens is 730 g/mol. The van der Waals surface area contributed by atoms with Gasteiger partial charge < -0.3 is 20.9 Å². The van der Waals surface area contributed by atoms with E-state index in [0.29, 0.717) is 32.8 Å². The third-order valence-electron chi connectivity index (χ3n) is 7.31. The summed E-state index contributed by atoms with van der Waals surface area (Å²) >= 11 is 5.96. The Bertz CT molecular complexity index is 1910. The van der Waals surface area contributed by atoms with E-state index in [4.69, 9.17) is 27.8 Å². The second kappa shape index (κ2) is 16.7. The number of nitrogens with two attached hydrogens (primary N) is 2. The molecule has 3 heterocycles. The highest BCUT2D eigenvalue weighted by Crippen LogP contribution is 2.33. The van der Waals surface area contributed by atoms with Gasteiger partial charge in [0.2, 0.25) is 12.0 Å². The lowest BCUT2D eigenvalue weighted by Crippen LogP contribution is -2.40. The molecule has 3 aromatic heterocycles. The number of esters is 1. The van der Waals surface area contributed by atoms with Crippen molar-refractivity contribution in [2.45, 2.75) is 76.4 Å². The topological polar surface area (TPSA) is 211 Å². The van der Waals surface area contributed by atoms with Gasteiger partial charge in [-0.15, -0.1) is 10.2 Å². The Morgan fingerprint density at radius 2 is 1.73 bits per heavy atom. The van der Waals surface area contributed by atoms with E-state index in [1.165, 1.54) is 31.2 Å². The largest absolute Gasteiger partial charge is 0.451 e. The Balaban J connectivity index is 1.62. The van der Waals surface area contributed by atoms with Crippen molar-refractivity contribution in [3.8, 4) is 17.2 Å². The Hall–Kier alpha value is -4.86. The summed E-state index contributed by atoms with van der Waals surface area (Å²) < 4.78 is 90.5. The zero-order valence-electron chi connectivity index (χ0n) is 27.2. The number of nitrogens with zero attached hydrogens (tertiary/aromatic N) is 7. The third kappa shape index (κ3) is 10.1. The summed E-state index contributed by atoms with van der Waals surface area (Å²) in [5.74, 6) is -3.69. The number of nitrogens with one attached hydrogen (secondary N) is 1. The van der Waals surface area contributed by atoms with Crippen LogP contribution < -0.4 is 22.5 Å². The second-order valence-electron chi connectivity index (χ2n) is 11.4. The normalized spacial score (nSPS) is 13.8. The van der Waals surface area contributed by atoms with Gasteiger partial charge in [-0.25, -0.2) is 19.4 Å². The number of benzene rings is 1. The van der Waals surface area contributed by atoms with Gasteiger partial charge in [-0.2, -0.15) is 31.0 Å². The molecule has 4 aromatic rings. The van der Waals surface area contributed by atoms with Gasteiger partial charge in [0.15, 0.2) is 29.5 Å². The Morgan fingerprint density at radius 1 is 1.04 bits per heavy atom. The molecule has 282 valence electrons. The molecule has 4 rings (SSSR count). The lowest BCUT2D eigenvalue weighted by molar-refractivity contribution is -0.224. The van der Waals surface area contributed by atoms with Gasteiger partial charge >= 0.3 is 24.0 Å². The van der Waals surface area contributed by atoms with E-state index in [1.54, 1.807) is 0 Å². The van der Waals surface area contributed by atoms with Crippen LogP contribution in [0.3, 0.4) is 0 Å². The lowest BCUT2D eigenvalue weighted by Gasteiger charge is -2.21. The number of aliphatic hydroxyl groups is 1. The van der Waals surface area contributed by atoms with Gasteiger partial charge in [-0.05, 0) is 56.2 Å². The van der Waals surface area contributed by atoms with E-state index < -0.39 is 78.5 Å². The van der Waals surface area contributed by atoms with Crippen LogP contribution in [-0.4, -0.2) is 75.9 Å². The molecule has 0 spiro atoms. The number of hydrogen-bond acceptors (Lipinski definition) is 11. The number of rotatable bonds is 15. The Kier molecular flexibility index (Phi) is 12.8. The summed E-state index contributed by atoms with van der Waals surface area (Å²) in [6.45, 7) is -0.192.